The SMILES string of the molecule is Cc1cc(C)cc(N2CCCC(C)(C(=O)O)C2)c1. The van der Waals surface area contributed by atoms with Crippen LogP contribution in [0.5, 0.6) is 0 Å². The maximum Gasteiger partial charge on any atom is 0.311 e. The van der Waals surface area contributed by atoms with Crippen molar-refractivity contribution in [2.45, 2.75) is 33.6 Å². The van der Waals surface area contributed by atoms with Crippen LogP contribution in [-0.2, 0) is 4.79 Å². The second-order valence-corrected chi connectivity index (χ2v) is 5.74. The summed E-state index contributed by atoms with van der Waals surface area (Å²) in [6, 6.07) is 6.42. The van der Waals surface area contributed by atoms with E-state index < -0.39 is 11.4 Å². The monoisotopic (exact) mass is 247 g/mol. The van der Waals surface area contributed by atoms with Gasteiger partial charge in [-0.2, -0.15) is 0 Å². The van der Waals surface area contributed by atoms with Crippen molar-refractivity contribution in [3.05, 3.63) is 29.3 Å². The van der Waals surface area contributed by atoms with E-state index in [9.17, 15) is 9.90 Å². The summed E-state index contributed by atoms with van der Waals surface area (Å²) in [6.07, 6.45) is 1.71. The Bertz CT molecular complexity index is 449. The Kier molecular flexibility index (Phi) is 3.33. The Balaban J connectivity index is 2.26. The molecule has 1 heterocycles. The number of carboxylic acids is 1. The second-order valence-electron chi connectivity index (χ2n) is 5.74. The van der Waals surface area contributed by atoms with Crippen molar-refractivity contribution in [1.82, 2.24) is 0 Å². The first-order valence-corrected chi connectivity index (χ1v) is 6.47. The molecule has 98 valence electrons. The van der Waals surface area contributed by atoms with Gasteiger partial charge in [-0.25, -0.2) is 0 Å². The molecule has 2 rings (SSSR count). The van der Waals surface area contributed by atoms with Gasteiger partial charge in [0.05, 0.1) is 5.41 Å². The van der Waals surface area contributed by atoms with E-state index in [1.807, 2.05) is 6.92 Å². The fourth-order valence-corrected chi connectivity index (χ4v) is 2.77. The minimum atomic E-state index is -0.684. The summed E-state index contributed by atoms with van der Waals surface area (Å²) < 4.78 is 0. The van der Waals surface area contributed by atoms with Crippen LogP contribution in [0, 0.1) is 19.3 Å². The standard InChI is InChI=1S/C15H21NO2/c1-11-7-12(2)9-13(8-11)16-6-4-5-15(3,10-16)14(17)18/h7-9H,4-6,10H2,1-3H3,(H,17,18). The number of hydrogen-bond donors (Lipinski definition) is 1. The van der Waals surface area contributed by atoms with Gasteiger partial charge < -0.3 is 10.0 Å². The van der Waals surface area contributed by atoms with Crippen molar-refractivity contribution in [2.75, 3.05) is 18.0 Å². The normalized spacial score (nSPS) is 24.1. The third-order valence-electron chi connectivity index (χ3n) is 3.78. The van der Waals surface area contributed by atoms with Gasteiger partial charge in [-0.1, -0.05) is 6.07 Å². The number of aliphatic carboxylic acids is 1. The number of nitrogens with zero attached hydrogens (tertiary/aromatic N) is 1. The summed E-state index contributed by atoms with van der Waals surface area (Å²) in [5.74, 6) is -0.684. The number of rotatable bonds is 2. The van der Waals surface area contributed by atoms with Crippen LogP contribution < -0.4 is 4.90 Å². The molecular weight excluding hydrogens is 226 g/mol. The lowest BCUT2D eigenvalue weighted by molar-refractivity contribution is -0.148. The van der Waals surface area contributed by atoms with E-state index in [1.54, 1.807) is 0 Å². The smallest absolute Gasteiger partial charge is 0.311 e. The van der Waals surface area contributed by atoms with E-state index in [4.69, 9.17) is 0 Å². The molecule has 0 aromatic heterocycles. The Hall–Kier alpha value is -1.51. The Morgan fingerprint density at radius 2 is 1.89 bits per heavy atom. The number of piperidine rings is 1. The van der Waals surface area contributed by atoms with E-state index in [0.717, 1.165) is 25.1 Å². The lowest BCUT2D eigenvalue weighted by atomic mass is 9.82. The number of benzene rings is 1. The first-order valence-electron chi connectivity index (χ1n) is 6.47. The molecule has 0 aliphatic carbocycles. The summed E-state index contributed by atoms with van der Waals surface area (Å²) in [5.41, 5.74) is 3.00. The maximum absolute atomic E-state index is 11.4. The molecular formula is C15H21NO2. The molecule has 1 fully saturated rings. The first kappa shape index (κ1) is 12.9. The molecule has 1 aliphatic rings. The highest BCUT2D eigenvalue weighted by Gasteiger charge is 2.37. The minimum Gasteiger partial charge on any atom is -0.481 e. The summed E-state index contributed by atoms with van der Waals surface area (Å²) in [4.78, 5) is 13.6. The van der Waals surface area contributed by atoms with Gasteiger partial charge in [0.25, 0.3) is 0 Å². The molecule has 0 saturated carbocycles. The highest BCUT2D eigenvalue weighted by molar-refractivity contribution is 5.75. The molecule has 1 saturated heterocycles. The van der Waals surface area contributed by atoms with Crippen LogP contribution >= 0.6 is 0 Å². The molecule has 1 aliphatic heterocycles. The van der Waals surface area contributed by atoms with Crippen LogP contribution in [0.4, 0.5) is 5.69 Å². The fourth-order valence-electron chi connectivity index (χ4n) is 2.77. The van der Waals surface area contributed by atoms with Crippen LogP contribution in [-0.4, -0.2) is 24.2 Å². The van der Waals surface area contributed by atoms with Crippen LogP contribution in [0.25, 0.3) is 0 Å². The van der Waals surface area contributed by atoms with E-state index in [1.165, 1.54) is 11.1 Å². The van der Waals surface area contributed by atoms with Gasteiger partial charge in [0.15, 0.2) is 0 Å². The third kappa shape index (κ3) is 2.50. The van der Waals surface area contributed by atoms with Crippen molar-refractivity contribution >= 4 is 11.7 Å². The summed E-state index contributed by atoms with van der Waals surface area (Å²) in [6.45, 7) is 7.56. The van der Waals surface area contributed by atoms with Gasteiger partial charge in [0, 0.05) is 18.8 Å². The zero-order valence-electron chi connectivity index (χ0n) is 11.4. The number of hydrogen-bond acceptors (Lipinski definition) is 2. The van der Waals surface area contributed by atoms with Crippen LogP contribution in [0.15, 0.2) is 18.2 Å². The molecule has 0 amide bonds. The summed E-state index contributed by atoms with van der Waals surface area (Å²) >= 11 is 0. The Morgan fingerprint density at radius 3 is 2.44 bits per heavy atom. The largest absolute Gasteiger partial charge is 0.481 e. The van der Waals surface area contributed by atoms with Gasteiger partial charge in [-0.3, -0.25) is 4.79 Å². The average Bonchev–Trinajstić information content (AvgIpc) is 2.27. The molecule has 1 aromatic carbocycles. The quantitative estimate of drug-likeness (QED) is 0.873. The molecule has 1 N–H and O–H groups in total. The lowest BCUT2D eigenvalue weighted by Gasteiger charge is -2.39. The molecule has 18 heavy (non-hydrogen) atoms. The van der Waals surface area contributed by atoms with Crippen LogP contribution in [0.2, 0.25) is 0 Å². The maximum atomic E-state index is 11.4. The second kappa shape index (κ2) is 4.63. The predicted molar refractivity (Wildman–Crippen MR) is 73.1 cm³/mol. The van der Waals surface area contributed by atoms with Crippen molar-refractivity contribution < 1.29 is 9.90 Å². The molecule has 1 unspecified atom stereocenters. The average molecular weight is 247 g/mol. The minimum absolute atomic E-state index is 0.602. The van der Waals surface area contributed by atoms with Crippen LogP contribution in [0.3, 0.4) is 0 Å². The van der Waals surface area contributed by atoms with E-state index in [-0.39, 0.29) is 0 Å². The topological polar surface area (TPSA) is 40.5 Å². The van der Waals surface area contributed by atoms with Gasteiger partial charge in [-0.15, -0.1) is 0 Å². The van der Waals surface area contributed by atoms with Gasteiger partial charge in [0.1, 0.15) is 0 Å². The number of carbonyl (C=O) groups is 1. The number of aryl methyl sites for hydroxylation is 2. The molecule has 0 spiro atoms. The summed E-state index contributed by atoms with van der Waals surface area (Å²) in [7, 11) is 0. The van der Waals surface area contributed by atoms with Crippen molar-refractivity contribution in [2.24, 2.45) is 5.41 Å². The molecule has 0 radical (unpaired) electrons. The van der Waals surface area contributed by atoms with Crippen molar-refractivity contribution in [3.63, 3.8) is 0 Å². The highest BCUT2D eigenvalue weighted by atomic mass is 16.4. The summed E-state index contributed by atoms with van der Waals surface area (Å²) in [5, 5.41) is 9.34. The first-order chi connectivity index (χ1) is 8.40. The Labute approximate surface area is 108 Å². The zero-order chi connectivity index (χ0) is 13.3. The van der Waals surface area contributed by atoms with Crippen molar-refractivity contribution in [1.29, 1.82) is 0 Å². The van der Waals surface area contributed by atoms with Gasteiger partial charge in [-0.05, 0) is 56.9 Å². The molecule has 1 atom stereocenters. The molecule has 1 aromatic rings. The lowest BCUT2D eigenvalue weighted by Crippen LogP contribution is -2.46. The van der Waals surface area contributed by atoms with Crippen molar-refractivity contribution in [3.8, 4) is 0 Å². The van der Waals surface area contributed by atoms with Crippen LogP contribution in [0.1, 0.15) is 30.9 Å². The third-order valence-corrected chi connectivity index (χ3v) is 3.78. The van der Waals surface area contributed by atoms with Gasteiger partial charge >= 0.3 is 5.97 Å². The fraction of sp³-hybridized carbons (Fsp3) is 0.533. The number of anilines is 1. The highest BCUT2D eigenvalue weighted by Crippen LogP contribution is 2.33. The molecule has 3 heteroatoms. The van der Waals surface area contributed by atoms with E-state index >= 15 is 0 Å². The molecule has 3 nitrogen and oxygen atoms in total. The Morgan fingerprint density at radius 1 is 1.28 bits per heavy atom. The zero-order valence-corrected chi connectivity index (χ0v) is 11.4. The van der Waals surface area contributed by atoms with Gasteiger partial charge in [0.2, 0.25) is 0 Å². The van der Waals surface area contributed by atoms with E-state index in [0.29, 0.717) is 6.54 Å². The van der Waals surface area contributed by atoms with E-state index in [2.05, 4.69) is 36.9 Å². The predicted octanol–water partition coefficient (Wildman–Crippen LogP) is 2.99. The molecule has 0 bridgehead atoms. The number of carboxylic acid groups (broad SMARTS) is 1.